The van der Waals surface area contributed by atoms with Gasteiger partial charge in [-0.15, -0.1) is 0 Å². The summed E-state index contributed by atoms with van der Waals surface area (Å²) in [6.45, 7) is 4.20. The lowest BCUT2D eigenvalue weighted by molar-refractivity contribution is -0.137. The van der Waals surface area contributed by atoms with Gasteiger partial charge in [0.1, 0.15) is 0 Å². The molecule has 0 saturated heterocycles. The lowest BCUT2D eigenvalue weighted by atomic mass is 10.1. The van der Waals surface area contributed by atoms with Gasteiger partial charge < -0.3 is 15.7 Å². The van der Waals surface area contributed by atoms with Crippen LogP contribution in [-0.2, 0) is 16.0 Å². The van der Waals surface area contributed by atoms with Gasteiger partial charge in [-0.05, 0) is 24.1 Å². The molecule has 1 aromatic carbocycles. The van der Waals surface area contributed by atoms with Gasteiger partial charge in [-0.2, -0.15) is 0 Å². The summed E-state index contributed by atoms with van der Waals surface area (Å²) in [5.41, 5.74) is 1.59. The van der Waals surface area contributed by atoms with Crippen LogP contribution < -0.4 is 10.6 Å². The summed E-state index contributed by atoms with van der Waals surface area (Å²) in [7, 11) is 0. The van der Waals surface area contributed by atoms with Crippen LogP contribution in [-0.4, -0.2) is 29.6 Å². The van der Waals surface area contributed by atoms with E-state index in [4.69, 9.17) is 5.11 Å². The number of carboxylic acids is 1. The molecule has 1 rings (SSSR count). The van der Waals surface area contributed by atoms with Crippen molar-refractivity contribution in [3.8, 4) is 0 Å². The molecule has 3 N–H and O–H groups in total. The Kier molecular flexibility index (Phi) is 6.02. The fourth-order valence-corrected chi connectivity index (χ4v) is 1.56. The SMILES string of the molecule is CC(C)NCC(=O)Nc1cccc(CCC(=O)O)c1. The van der Waals surface area contributed by atoms with Crippen LogP contribution in [0.4, 0.5) is 5.69 Å². The largest absolute Gasteiger partial charge is 0.481 e. The number of amides is 1. The van der Waals surface area contributed by atoms with E-state index in [0.717, 1.165) is 5.56 Å². The fourth-order valence-electron chi connectivity index (χ4n) is 1.56. The van der Waals surface area contributed by atoms with Crippen LogP contribution in [0.25, 0.3) is 0 Å². The predicted molar refractivity (Wildman–Crippen MR) is 74.2 cm³/mol. The molecular weight excluding hydrogens is 244 g/mol. The average molecular weight is 264 g/mol. The summed E-state index contributed by atoms with van der Waals surface area (Å²) in [6, 6.07) is 7.51. The van der Waals surface area contributed by atoms with E-state index in [2.05, 4.69) is 10.6 Å². The number of carbonyl (C=O) groups excluding carboxylic acids is 1. The van der Waals surface area contributed by atoms with E-state index >= 15 is 0 Å². The molecule has 0 unspecified atom stereocenters. The van der Waals surface area contributed by atoms with Crippen molar-refractivity contribution in [3.63, 3.8) is 0 Å². The molecule has 1 aromatic rings. The highest BCUT2D eigenvalue weighted by Crippen LogP contribution is 2.12. The molecule has 0 radical (unpaired) electrons. The Balaban J connectivity index is 2.51. The topological polar surface area (TPSA) is 78.4 Å². The molecule has 0 aliphatic heterocycles. The number of hydrogen-bond acceptors (Lipinski definition) is 3. The lowest BCUT2D eigenvalue weighted by Crippen LogP contribution is -2.32. The first-order valence-electron chi connectivity index (χ1n) is 6.31. The molecule has 1 amide bonds. The second-order valence-corrected chi connectivity index (χ2v) is 4.68. The number of benzene rings is 1. The standard InChI is InChI=1S/C14H20N2O3/c1-10(2)15-9-13(17)16-12-5-3-4-11(8-12)6-7-14(18)19/h3-5,8,10,15H,6-7,9H2,1-2H3,(H,16,17)(H,18,19). The van der Waals surface area contributed by atoms with Gasteiger partial charge in [0, 0.05) is 18.2 Å². The van der Waals surface area contributed by atoms with Gasteiger partial charge in [-0.1, -0.05) is 26.0 Å². The Bertz CT molecular complexity index is 444. The third-order valence-corrected chi connectivity index (χ3v) is 2.51. The second-order valence-electron chi connectivity index (χ2n) is 4.68. The van der Waals surface area contributed by atoms with Gasteiger partial charge in [-0.25, -0.2) is 0 Å². The monoisotopic (exact) mass is 264 g/mol. The summed E-state index contributed by atoms with van der Waals surface area (Å²) in [6.07, 6.45) is 0.551. The molecule has 104 valence electrons. The van der Waals surface area contributed by atoms with Crippen LogP contribution in [0, 0.1) is 0 Å². The first kappa shape index (κ1) is 15.2. The second kappa shape index (κ2) is 7.53. The molecule has 5 heteroatoms. The zero-order chi connectivity index (χ0) is 14.3. The van der Waals surface area contributed by atoms with E-state index in [1.54, 1.807) is 12.1 Å². The van der Waals surface area contributed by atoms with Crippen molar-refractivity contribution < 1.29 is 14.7 Å². The Morgan fingerprint density at radius 2 is 2.05 bits per heavy atom. The summed E-state index contributed by atoms with van der Waals surface area (Å²) >= 11 is 0. The van der Waals surface area contributed by atoms with Gasteiger partial charge in [0.15, 0.2) is 0 Å². The molecule has 0 atom stereocenters. The average Bonchev–Trinajstić information content (AvgIpc) is 2.34. The van der Waals surface area contributed by atoms with Crippen LogP contribution in [0.3, 0.4) is 0 Å². The Morgan fingerprint density at radius 3 is 2.68 bits per heavy atom. The highest BCUT2D eigenvalue weighted by atomic mass is 16.4. The van der Waals surface area contributed by atoms with E-state index < -0.39 is 5.97 Å². The highest BCUT2D eigenvalue weighted by Gasteiger charge is 2.04. The number of rotatable bonds is 7. The van der Waals surface area contributed by atoms with E-state index in [1.807, 2.05) is 26.0 Å². The van der Waals surface area contributed by atoms with Crippen LogP contribution in [0.1, 0.15) is 25.8 Å². The third kappa shape index (κ3) is 6.57. The maximum absolute atomic E-state index is 11.6. The summed E-state index contributed by atoms with van der Waals surface area (Å²) < 4.78 is 0. The van der Waals surface area contributed by atoms with E-state index in [1.165, 1.54) is 0 Å². The number of carboxylic acid groups (broad SMARTS) is 1. The first-order valence-corrected chi connectivity index (χ1v) is 6.31. The van der Waals surface area contributed by atoms with Crippen molar-refractivity contribution in [2.24, 2.45) is 0 Å². The zero-order valence-electron chi connectivity index (χ0n) is 11.3. The molecule has 0 aliphatic carbocycles. The predicted octanol–water partition coefficient (Wildman–Crippen LogP) is 1.64. The van der Waals surface area contributed by atoms with E-state index in [0.29, 0.717) is 12.1 Å². The van der Waals surface area contributed by atoms with Gasteiger partial charge in [0.05, 0.1) is 6.54 Å². The Labute approximate surface area is 113 Å². The van der Waals surface area contributed by atoms with Crippen molar-refractivity contribution >= 4 is 17.6 Å². The van der Waals surface area contributed by atoms with Crippen LogP contribution in [0.5, 0.6) is 0 Å². The van der Waals surface area contributed by atoms with Crippen molar-refractivity contribution in [2.75, 3.05) is 11.9 Å². The number of anilines is 1. The Morgan fingerprint density at radius 1 is 1.32 bits per heavy atom. The summed E-state index contributed by atoms with van der Waals surface area (Å²) in [5, 5.41) is 14.4. The number of aliphatic carboxylic acids is 1. The molecule has 0 aliphatic rings. The Hall–Kier alpha value is -1.88. The summed E-state index contributed by atoms with van der Waals surface area (Å²) in [4.78, 5) is 22.1. The molecule has 5 nitrogen and oxygen atoms in total. The minimum absolute atomic E-state index is 0.0896. The fraction of sp³-hybridized carbons (Fsp3) is 0.429. The van der Waals surface area contributed by atoms with E-state index in [9.17, 15) is 9.59 Å². The lowest BCUT2D eigenvalue weighted by Gasteiger charge is -2.09. The zero-order valence-corrected chi connectivity index (χ0v) is 11.3. The van der Waals surface area contributed by atoms with Crippen LogP contribution >= 0.6 is 0 Å². The van der Waals surface area contributed by atoms with Gasteiger partial charge in [0.25, 0.3) is 0 Å². The van der Waals surface area contributed by atoms with Crippen molar-refractivity contribution in [2.45, 2.75) is 32.7 Å². The molecule has 0 aromatic heterocycles. The van der Waals surface area contributed by atoms with Gasteiger partial charge >= 0.3 is 5.97 Å². The maximum Gasteiger partial charge on any atom is 0.303 e. The van der Waals surface area contributed by atoms with Gasteiger partial charge in [-0.3, -0.25) is 9.59 Å². The normalized spacial score (nSPS) is 10.5. The molecule has 19 heavy (non-hydrogen) atoms. The van der Waals surface area contributed by atoms with Crippen molar-refractivity contribution in [1.82, 2.24) is 5.32 Å². The summed E-state index contributed by atoms with van der Waals surface area (Å²) in [5.74, 6) is -0.931. The number of carbonyl (C=O) groups is 2. The quantitative estimate of drug-likeness (QED) is 0.699. The third-order valence-electron chi connectivity index (χ3n) is 2.51. The number of hydrogen-bond donors (Lipinski definition) is 3. The molecular formula is C14H20N2O3. The minimum Gasteiger partial charge on any atom is -0.481 e. The number of nitrogens with one attached hydrogen (secondary N) is 2. The molecule has 0 heterocycles. The van der Waals surface area contributed by atoms with Gasteiger partial charge in [0.2, 0.25) is 5.91 Å². The molecule has 0 spiro atoms. The maximum atomic E-state index is 11.6. The van der Waals surface area contributed by atoms with Crippen LogP contribution in [0.2, 0.25) is 0 Å². The molecule has 0 fully saturated rings. The molecule has 0 bridgehead atoms. The highest BCUT2D eigenvalue weighted by molar-refractivity contribution is 5.92. The smallest absolute Gasteiger partial charge is 0.303 e. The minimum atomic E-state index is -0.824. The van der Waals surface area contributed by atoms with Crippen molar-refractivity contribution in [3.05, 3.63) is 29.8 Å². The van der Waals surface area contributed by atoms with Crippen LogP contribution in [0.15, 0.2) is 24.3 Å². The molecule has 0 saturated carbocycles. The van der Waals surface area contributed by atoms with E-state index in [-0.39, 0.29) is 24.9 Å². The first-order chi connectivity index (χ1) is 8.97. The number of aryl methyl sites for hydroxylation is 1. The van der Waals surface area contributed by atoms with Crippen molar-refractivity contribution in [1.29, 1.82) is 0 Å².